The molecule has 0 saturated carbocycles. The molecule has 18 heavy (non-hydrogen) atoms. The molecule has 0 aliphatic heterocycles. The van der Waals surface area contributed by atoms with Crippen LogP contribution in [0.4, 0.5) is 0 Å². The Kier molecular flexibility index (Phi) is 6.73. The first kappa shape index (κ1) is 15.0. The second-order valence-electron chi connectivity index (χ2n) is 3.23. The van der Waals surface area contributed by atoms with Crippen LogP contribution in [0, 0.1) is 0 Å². The number of benzene rings is 1. The number of alkyl halides is 1. The van der Waals surface area contributed by atoms with Crippen LogP contribution < -0.4 is 9.47 Å². The Morgan fingerprint density at radius 1 is 1.33 bits per heavy atom. The van der Waals surface area contributed by atoms with Gasteiger partial charge in [0.05, 0.1) is 20.1 Å². The molecule has 98 valence electrons. The third-order valence-electron chi connectivity index (χ3n) is 2.11. The summed E-state index contributed by atoms with van der Waals surface area (Å²) in [5, 5.41) is 0. The van der Waals surface area contributed by atoms with E-state index >= 15 is 0 Å². The zero-order valence-electron chi connectivity index (χ0n) is 10.3. The highest BCUT2D eigenvalue weighted by Crippen LogP contribution is 2.29. The van der Waals surface area contributed by atoms with Gasteiger partial charge < -0.3 is 9.47 Å². The lowest BCUT2D eigenvalue weighted by atomic mass is 10.2. The van der Waals surface area contributed by atoms with Crippen LogP contribution in [0.15, 0.2) is 24.0 Å². The number of halogens is 1. The van der Waals surface area contributed by atoms with Crippen LogP contribution in [0.25, 0.3) is 6.08 Å². The molecule has 0 radical (unpaired) electrons. The molecule has 1 rings (SSSR count). The zero-order valence-corrected chi connectivity index (χ0v) is 11.9. The molecule has 0 aliphatic carbocycles. The molecule has 0 aromatic heterocycles. The summed E-state index contributed by atoms with van der Waals surface area (Å²) in [6, 6.07) is 5.37. The van der Waals surface area contributed by atoms with Crippen molar-refractivity contribution in [1.29, 1.82) is 0 Å². The van der Waals surface area contributed by atoms with Crippen molar-refractivity contribution >= 4 is 25.7 Å². The van der Waals surface area contributed by atoms with Gasteiger partial charge in [-0.3, -0.25) is 0 Å². The first-order valence-electron chi connectivity index (χ1n) is 5.26. The fourth-order valence-corrected chi connectivity index (χ4v) is 2.10. The third-order valence-corrected chi connectivity index (χ3v) is 3.09. The van der Waals surface area contributed by atoms with E-state index in [0.717, 1.165) is 5.56 Å². The van der Waals surface area contributed by atoms with Gasteiger partial charge in [0, 0.05) is 5.56 Å². The summed E-state index contributed by atoms with van der Waals surface area (Å²) >= 11 is 5.44. The molecule has 0 fully saturated rings. The number of hydrogen-bond donors (Lipinski definition) is 0. The number of methoxy groups -OCH3 is 2. The van der Waals surface area contributed by atoms with Crippen molar-refractivity contribution in [1.82, 2.24) is 0 Å². The molecule has 0 N–H and O–H groups in total. The van der Waals surface area contributed by atoms with Crippen molar-refractivity contribution in [3.8, 4) is 11.5 Å². The van der Waals surface area contributed by atoms with Crippen molar-refractivity contribution in [2.75, 3.05) is 26.7 Å². The molecular formula is C12H15ClO4P+. The Balaban J connectivity index is 2.81. The molecule has 0 aliphatic rings. The van der Waals surface area contributed by atoms with Crippen LogP contribution in [0.5, 0.6) is 11.5 Å². The maximum atomic E-state index is 11.4. The maximum Gasteiger partial charge on any atom is 0.540 e. The molecule has 1 aromatic rings. The van der Waals surface area contributed by atoms with Crippen LogP contribution >= 0.6 is 19.6 Å². The quantitative estimate of drug-likeness (QED) is 0.567. The predicted octanol–water partition coefficient (Wildman–Crippen LogP) is 3.67. The van der Waals surface area contributed by atoms with Gasteiger partial charge in [0.1, 0.15) is 18.1 Å². The second-order valence-corrected chi connectivity index (χ2v) is 4.74. The summed E-state index contributed by atoms with van der Waals surface area (Å²) in [5.74, 6) is 3.16. The highest BCUT2D eigenvalue weighted by atomic mass is 35.5. The van der Waals surface area contributed by atoms with Gasteiger partial charge >= 0.3 is 8.03 Å². The van der Waals surface area contributed by atoms with Crippen LogP contribution in [0.2, 0.25) is 0 Å². The molecule has 0 bridgehead atoms. The van der Waals surface area contributed by atoms with Gasteiger partial charge in [0.2, 0.25) is 0 Å². The summed E-state index contributed by atoms with van der Waals surface area (Å²) in [6.07, 6.45) is 1.67. The summed E-state index contributed by atoms with van der Waals surface area (Å²) in [6.45, 7) is 0.260. The molecule has 0 saturated heterocycles. The Hall–Kier alpha value is -1.09. The number of rotatable bonds is 7. The van der Waals surface area contributed by atoms with E-state index in [2.05, 4.69) is 0 Å². The van der Waals surface area contributed by atoms with Crippen LogP contribution in [-0.4, -0.2) is 26.7 Å². The summed E-state index contributed by atoms with van der Waals surface area (Å²) in [7, 11) is 1.30. The molecule has 1 aromatic carbocycles. The lowest BCUT2D eigenvalue weighted by molar-refractivity contribution is 0.359. The average Bonchev–Trinajstić information content (AvgIpc) is 2.42. The van der Waals surface area contributed by atoms with E-state index in [1.165, 1.54) is 5.82 Å². The van der Waals surface area contributed by atoms with Crippen LogP contribution in [0.1, 0.15) is 5.56 Å². The van der Waals surface area contributed by atoms with Crippen molar-refractivity contribution in [2.24, 2.45) is 0 Å². The zero-order chi connectivity index (χ0) is 13.4. The molecule has 4 nitrogen and oxygen atoms in total. The Labute approximate surface area is 112 Å². The smallest absolute Gasteiger partial charge is 0.497 e. The lowest BCUT2D eigenvalue weighted by Crippen LogP contribution is -1.89. The van der Waals surface area contributed by atoms with Crippen molar-refractivity contribution < 1.29 is 18.6 Å². The minimum atomic E-state index is -1.85. The highest BCUT2D eigenvalue weighted by molar-refractivity contribution is 7.43. The van der Waals surface area contributed by atoms with Gasteiger partial charge in [-0.25, -0.2) is 0 Å². The molecular weight excluding hydrogens is 275 g/mol. The monoisotopic (exact) mass is 289 g/mol. The summed E-state index contributed by atoms with van der Waals surface area (Å²) < 4.78 is 26.7. The van der Waals surface area contributed by atoms with Gasteiger partial charge in [-0.1, -0.05) is 0 Å². The fourth-order valence-electron chi connectivity index (χ4n) is 1.28. The molecule has 1 atom stereocenters. The van der Waals surface area contributed by atoms with Gasteiger partial charge in [-0.15, -0.1) is 16.1 Å². The van der Waals surface area contributed by atoms with Gasteiger partial charge in [-0.2, -0.15) is 0 Å². The fraction of sp³-hybridized carbons (Fsp3) is 0.333. The molecule has 0 heterocycles. The Morgan fingerprint density at radius 3 is 2.72 bits per heavy atom. The molecule has 0 spiro atoms. The lowest BCUT2D eigenvalue weighted by Gasteiger charge is -2.06. The standard InChI is InChI=1S/C12H15ClO4P/c1-15-11-3-4-12(16-2)10(9-11)5-8-18(14)17-7-6-13/h3-5,8-9H,6-7H2,1-2H3/q+1. The van der Waals surface area contributed by atoms with E-state index in [9.17, 15) is 4.57 Å². The molecule has 1 unspecified atom stereocenters. The SMILES string of the molecule is COc1ccc(OC)c(C=C[P+](=O)OCCCl)c1. The van der Waals surface area contributed by atoms with Gasteiger partial charge in [0.25, 0.3) is 0 Å². The van der Waals surface area contributed by atoms with E-state index < -0.39 is 8.03 Å². The number of hydrogen-bond acceptors (Lipinski definition) is 4. The van der Waals surface area contributed by atoms with Gasteiger partial charge in [-0.05, 0) is 28.8 Å². The molecule has 0 amide bonds. The van der Waals surface area contributed by atoms with E-state index in [-0.39, 0.29) is 6.61 Å². The first-order valence-corrected chi connectivity index (χ1v) is 7.05. The van der Waals surface area contributed by atoms with E-state index in [0.29, 0.717) is 17.4 Å². The van der Waals surface area contributed by atoms with E-state index in [1.807, 2.05) is 0 Å². The Bertz CT molecular complexity index is 434. The van der Waals surface area contributed by atoms with E-state index in [4.69, 9.17) is 25.6 Å². The third kappa shape index (κ3) is 4.65. The van der Waals surface area contributed by atoms with Crippen molar-refractivity contribution in [3.05, 3.63) is 29.6 Å². The van der Waals surface area contributed by atoms with Crippen LogP contribution in [-0.2, 0) is 9.09 Å². The van der Waals surface area contributed by atoms with Crippen molar-refractivity contribution in [3.63, 3.8) is 0 Å². The Morgan fingerprint density at radius 2 is 2.11 bits per heavy atom. The highest BCUT2D eigenvalue weighted by Gasteiger charge is 2.12. The van der Waals surface area contributed by atoms with E-state index in [1.54, 1.807) is 38.5 Å². The van der Waals surface area contributed by atoms with Crippen LogP contribution in [0.3, 0.4) is 0 Å². The largest absolute Gasteiger partial charge is 0.540 e. The minimum Gasteiger partial charge on any atom is -0.497 e. The second kappa shape index (κ2) is 8.09. The maximum absolute atomic E-state index is 11.4. The average molecular weight is 290 g/mol. The first-order chi connectivity index (χ1) is 8.71. The summed E-state index contributed by atoms with van der Waals surface area (Å²) in [4.78, 5) is 0. The number of ether oxygens (including phenoxy) is 2. The van der Waals surface area contributed by atoms with Gasteiger partial charge in [0.15, 0.2) is 5.82 Å². The molecule has 6 heteroatoms. The normalized spacial score (nSPS) is 11.6. The van der Waals surface area contributed by atoms with Crippen molar-refractivity contribution in [2.45, 2.75) is 0 Å². The topological polar surface area (TPSA) is 44.8 Å². The minimum absolute atomic E-state index is 0.260. The predicted molar refractivity (Wildman–Crippen MR) is 72.9 cm³/mol. The summed E-state index contributed by atoms with van der Waals surface area (Å²) in [5.41, 5.74) is 0.773.